The number of hydrogen-bond donors (Lipinski definition) is 3. The number of carbonyl (C=O) groups is 3. The molecule has 1 saturated heterocycles. The fraction of sp³-hybridized carbons (Fsp3) is 0.312. The minimum Gasteiger partial charge on any atom is -0.480 e. The van der Waals surface area contributed by atoms with Crippen LogP contribution in [0.15, 0.2) is 29.6 Å². The molecule has 3 N–H and O–H groups in total. The molecule has 1 aliphatic heterocycles. The number of hydrogen-bond acceptors (Lipinski definition) is 4. The van der Waals surface area contributed by atoms with Crippen molar-refractivity contribution in [2.75, 3.05) is 6.54 Å². The van der Waals surface area contributed by atoms with Crippen molar-refractivity contribution in [2.24, 2.45) is 5.92 Å². The third-order valence-electron chi connectivity index (χ3n) is 4.00. The fourth-order valence-electron chi connectivity index (χ4n) is 2.73. The van der Waals surface area contributed by atoms with E-state index in [0.717, 1.165) is 10.1 Å². The summed E-state index contributed by atoms with van der Waals surface area (Å²) in [5, 5.41) is 17.4. The minimum absolute atomic E-state index is 0.105. The van der Waals surface area contributed by atoms with Crippen LogP contribution in [0, 0.1) is 5.92 Å². The third-order valence-corrected chi connectivity index (χ3v) is 4.90. The van der Waals surface area contributed by atoms with E-state index in [9.17, 15) is 19.5 Å². The predicted molar refractivity (Wildman–Crippen MR) is 86.4 cm³/mol. The summed E-state index contributed by atoms with van der Waals surface area (Å²) in [6.07, 6.45) is 0.701. The molecule has 3 rings (SSSR count). The standard InChI is InChI=1S/C16H16N2O4S/c19-14-11(3-5-17-14)8-12(16(21)22)18-15(20)10-1-2-13-9(7-10)4-6-23-13/h1-2,4,6-7,11-12H,3,5,8H2,(H,17,19)(H,18,20)(H,21,22)/t11-,12-/m0/s1. The molecule has 120 valence electrons. The Bertz CT molecular complexity index is 770. The molecule has 2 amide bonds. The number of aliphatic carboxylic acids is 1. The number of benzene rings is 1. The van der Waals surface area contributed by atoms with E-state index in [4.69, 9.17) is 0 Å². The maximum absolute atomic E-state index is 12.3. The Morgan fingerprint density at radius 2 is 2.22 bits per heavy atom. The summed E-state index contributed by atoms with van der Waals surface area (Å²) in [5.74, 6) is -2.08. The van der Waals surface area contributed by atoms with Crippen molar-refractivity contribution < 1.29 is 19.5 Å². The highest BCUT2D eigenvalue weighted by molar-refractivity contribution is 7.17. The van der Waals surface area contributed by atoms with Crippen LogP contribution in [0.2, 0.25) is 0 Å². The van der Waals surface area contributed by atoms with Gasteiger partial charge < -0.3 is 15.7 Å². The minimum atomic E-state index is -1.13. The Hall–Kier alpha value is -2.41. The van der Waals surface area contributed by atoms with Crippen LogP contribution in [0.4, 0.5) is 0 Å². The Balaban J connectivity index is 1.72. The number of rotatable bonds is 5. The fourth-order valence-corrected chi connectivity index (χ4v) is 3.50. The third kappa shape index (κ3) is 3.34. The molecule has 0 bridgehead atoms. The monoisotopic (exact) mass is 332 g/mol. The molecule has 1 aromatic carbocycles. The van der Waals surface area contributed by atoms with Crippen LogP contribution in [-0.4, -0.2) is 35.5 Å². The smallest absolute Gasteiger partial charge is 0.326 e. The van der Waals surface area contributed by atoms with E-state index in [1.165, 1.54) is 0 Å². The van der Waals surface area contributed by atoms with Gasteiger partial charge >= 0.3 is 5.97 Å². The quantitative estimate of drug-likeness (QED) is 0.775. The number of carboxylic acid groups (broad SMARTS) is 1. The summed E-state index contributed by atoms with van der Waals surface area (Å²) >= 11 is 1.58. The van der Waals surface area contributed by atoms with E-state index >= 15 is 0 Å². The summed E-state index contributed by atoms with van der Waals surface area (Å²) in [6, 6.07) is 6.09. The van der Waals surface area contributed by atoms with Crippen LogP contribution < -0.4 is 10.6 Å². The lowest BCUT2D eigenvalue weighted by molar-refractivity contribution is -0.139. The van der Waals surface area contributed by atoms with E-state index in [1.54, 1.807) is 23.5 Å². The highest BCUT2D eigenvalue weighted by Gasteiger charge is 2.31. The van der Waals surface area contributed by atoms with Crippen molar-refractivity contribution in [1.82, 2.24) is 10.6 Å². The molecular formula is C16H16N2O4S. The summed E-state index contributed by atoms with van der Waals surface area (Å²) in [4.78, 5) is 35.3. The molecule has 2 heterocycles. The zero-order valence-electron chi connectivity index (χ0n) is 12.2. The van der Waals surface area contributed by atoms with Crippen LogP contribution in [0.25, 0.3) is 10.1 Å². The molecule has 6 nitrogen and oxygen atoms in total. The number of nitrogens with one attached hydrogen (secondary N) is 2. The maximum Gasteiger partial charge on any atom is 0.326 e. The van der Waals surface area contributed by atoms with Gasteiger partial charge in [-0.05, 0) is 47.9 Å². The van der Waals surface area contributed by atoms with Gasteiger partial charge in [-0.1, -0.05) is 0 Å². The topological polar surface area (TPSA) is 95.5 Å². The molecule has 2 aromatic rings. The number of thiophene rings is 1. The largest absolute Gasteiger partial charge is 0.480 e. The van der Waals surface area contributed by atoms with Gasteiger partial charge in [-0.2, -0.15) is 0 Å². The Morgan fingerprint density at radius 1 is 1.39 bits per heavy atom. The summed E-state index contributed by atoms with van der Waals surface area (Å²) in [6.45, 7) is 0.554. The highest BCUT2D eigenvalue weighted by Crippen LogP contribution is 2.22. The zero-order valence-corrected chi connectivity index (χ0v) is 13.1. The average molecular weight is 332 g/mol. The van der Waals surface area contributed by atoms with Gasteiger partial charge in [0.1, 0.15) is 6.04 Å². The van der Waals surface area contributed by atoms with Crippen molar-refractivity contribution in [3.63, 3.8) is 0 Å². The lowest BCUT2D eigenvalue weighted by Crippen LogP contribution is -2.42. The molecule has 23 heavy (non-hydrogen) atoms. The van der Waals surface area contributed by atoms with Crippen molar-refractivity contribution in [3.05, 3.63) is 35.2 Å². The van der Waals surface area contributed by atoms with Gasteiger partial charge in [-0.3, -0.25) is 9.59 Å². The van der Waals surface area contributed by atoms with E-state index in [-0.39, 0.29) is 18.2 Å². The first-order valence-corrected chi connectivity index (χ1v) is 8.21. The van der Waals surface area contributed by atoms with Crippen LogP contribution in [0.5, 0.6) is 0 Å². The predicted octanol–water partition coefficient (Wildman–Crippen LogP) is 1.61. The van der Waals surface area contributed by atoms with E-state index in [1.807, 2.05) is 17.5 Å². The Labute approximate surface area is 136 Å². The van der Waals surface area contributed by atoms with E-state index in [0.29, 0.717) is 18.5 Å². The highest BCUT2D eigenvalue weighted by atomic mass is 32.1. The lowest BCUT2D eigenvalue weighted by Gasteiger charge is -2.17. The van der Waals surface area contributed by atoms with Crippen LogP contribution in [0.1, 0.15) is 23.2 Å². The summed E-state index contributed by atoms with van der Waals surface area (Å²) < 4.78 is 1.07. The van der Waals surface area contributed by atoms with E-state index in [2.05, 4.69) is 10.6 Å². The van der Waals surface area contributed by atoms with Gasteiger partial charge in [0.25, 0.3) is 5.91 Å². The summed E-state index contributed by atoms with van der Waals surface area (Å²) in [7, 11) is 0. The molecule has 7 heteroatoms. The maximum atomic E-state index is 12.3. The second kappa shape index (κ2) is 6.37. The Kier molecular flexibility index (Phi) is 4.29. The van der Waals surface area contributed by atoms with Crippen molar-refractivity contribution in [2.45, 2.75) is 18.9 Å². The normalized spacial score (nSPS) is 18.6. The number of fused-ring (bicyclic) bond motifs is 1. The molecule has 1 fully saturated rings. The first-order valence-electron chi connectivity index (χ1n) is 7.33. The van der Waals surface area contributed by atoms with Crippen molar-refractivity contribution in [3.8, 4) is 0 Å². The second-order valence-corrected chi connectivity index (χ2v) is 6.50. The molecule has 0 spiro atoms. The number of carbonyl (C=O) groups excluding carboxylic acids is 2. The number of carboxylic acids is 1. The molecule has 2 atom stereocenters. The van der Waals surface area contributed by atoms with Crippen LogP contribution >= 0.6 is 11.3 Å². The van der Waals surface area contributed by atoms with Crippen molar-refractivity contribution >= 4 is 39.2 Å². The molecule has 1 aromatic heterocycles. The van der Waals surface area contributed by atoms with Gasteiger partial charge in [0.05, 0.1) is 0 Å². The Morgan fingerprint density at radius 3 is 2.91 bits per heavy atom. The summed E-state index contributed by atoms with van der Waals surface area (Å²) in [5.41, 5.74) is 0.415. The zero-order chi connectivity index (χ0) is 16.4. The van der Waals surface area contributed by atoms with Gasteiger partial charge in [-0.15, -0.1) is 11.3 Å². The second-order valence-electron chi connectivity index (χ2n) is 5.55. The van der Waals surface area contributed by atoms with Gasteiger partial charge in [-0.25, -0.2) is 4.79 Å². The average Bonchev–Trinajstić information content (AvgIpc) is 3.14. The van der Waals surface area contributed by atoms with Gasteiger partial charge in [0.15, 0.2) is 0 Å². The van der Waals surface area contributed by atoms with Gasteiger partial charge in [0.2, 0.25) is 5.91 Å². The number of amides is 2. The van der Waals surface area contributed by atoms with Crippen LogP contribution in [-0.2, 0) is 9.59 Å². The van der Waals surface area contributed by atoms with E-state index < -0.39 is 17.9 Å². The van der Waals surface area contributed by atoms with Crippen molar-refractivity contribution in [1.29, 1.82) is 0 Å². The molecule has 0 unspecified atom stereocenters. The van der Waals surface area contributed by atoms with Crippen LogP contribution in [0.3, 0.4) is 0 Å². The first-order chi connectivity index (χ1) is 11.0. The van der Waals surface area contributed by atoms with Gasteiger partial charge in [0, 0.05) is 22.7 Å². The molecular weight excluding hydrogens is 316 g/mol. The molecule has 0 aliphatic carbocycles. The first kappa shape index (κ1) is 15.5. The SMILES string of the molecule is O=C(N[C@@H](C[C@@H]1CCNC1=O)C(=O)O)c1ccc2sccc2c1. The lowest BCUT2D eigenvalue weighted by atomic mass is 9.98. The molecule has 0 radical (unpaired) electrons. The molecule has 0 saturated carbocycles. The molecule has 1 aliphatic rings.